The first kappa shape index (κ1) is 15.0. The van der Waals surface area contributed by atoms with E-state index in [0.717, 1.165) is 50.6 Å². The summed E-state index contributed by atoms with van der Waals surface area (Å²) in [5.41, 5.74) is 2.30. The third kappa shape index (κ3) is 3.65. The molecule has 0 aliphatic carbocycles. The molecule has 2 aromatic heterocycles. The van der Waals surface area contributed by atoms with Gasteiger partial charge in [0.25, 0.3) is 0 Å². The molecular formula is C17H24N4O. The van der Waals surface area contributed by atoms with Crippen molar-refractivity contribution < 1.29 is 4.74 Å². The van der Waals surface area contributed by atoms with E-state index in [1.54, 1.807) is 0 Å². The average molecular weight is 300 g/mol. The van der Waals surface area contributed by atoms with Gasteiger partial charge in [-0.3, -0.25) is 9.58 Å². The highest BCUT2D eigenvalue weighted by Gasteiger charge is 2.21. The molecule has 1 fully saturated rings. The van der Waals surface area contributed by atoms with Gasteiger partial charge in [0.05, 0.1) is 5.69 Å². The number of likely N-dealkylation sites (tertiary alicyclic amines) is 1. The van der Waals surface area contributed by atoms with E-state index in [1.165, 1.54) is 5.69 Å². The monoisotopic (exact) mass is 300 g/mol. The van der Waals surface area contributed by atoms with Crippen LogP contribution in [0.4, 0.5) is 0 Å². The van der Waals surface area contributed by atoms with Gasteiger partial charge in [-0.25, -0.2) is 4.98 Å². The molecule has 5 nitrogen and oxygen atoms in total. The minimum Gasteiger partial charge on any atom is -0.474 e. The Morgan fingerprint density at radius 3 is 2.77 bits per heavy atom. The average Bonchev–Trinajstić information content (AvgIpc) is 2.96. The van der Waals surface area contributed by atoms with Gasteiger partial charge in [-0.05, 0) is 38.8 Å². The maximum absolute atomic E-state index is 6.01. The lowest BCUT2D eigenvalue weighted by molar-refractivity contribution is 0.0917. The normalized spacial score (nSPS) is 16.8. The minimum absolute atomic E-state index is 0.279. The van der Waals surface area contributed by atoms with Gasteiger partial charge in [0, 0.05) is 44.1 Å². The molecule has 0 amide bonds. The van der Waals surface area contributed by atoms with E-state index in [4.69, 9.17) is 4.74 Å². The van der Waals surface area contributed by atoms with E-state index < -0.39 is 0 Å². The zero-order chi connectivity index (χ0) is 15.4. The summed E-state index contributed by atoms with van der Waals surface area (Å²) in [6.45, 7) is 8.15. The number of pyridine rings is 1. The maximum Gasteiger partial charge on any atom is 0.213 e. The predicted octanol–water partition coefficient (Wildman–Crippen LogP) is 2.65. The van der Waals surface area contributed by atoms with Crippen LogP contribution in [0.15, 0.2) is 30.5 Å². The second-order valence-electron chi connectivity index (χ2n) is 5.85. The highest BCUT2D eigenvalue weighted by Crippen LogP contribution is 2.19. The summed E-state index contributed by atoms with van der Waals surface area (Å²) in [5.74, 6) is 0.752. The summed E-state index contributed by atoms with van der Waals surface area (Å²) in [6.07, 6.45) is 4.27. The van der Waals surface area contributed by atoms with Crippen LogP contribution in [0.5, 0.6) is 5.88 Å². The summed E-state index contributed by atoms with van der Waals surface area (Å²) >= 11 is 0. The molecule has 3 heterocycles. The highest BCUT2D eigenvalue weighted by atomic mass is 16.5. The molecule has 1 aliphatic rings. The van der Waals surface area contributed by atoms with Gasteiger partial charge in [-0.2, -0.15) is 5.10 Å². The molecule has 22 heavy (non-hydrogen) atoms. The molecular weight excluding hydrogens is 276 g/mol. The van der Waals surface area contributed by atoms with Crippen molar-refractivity contribution in [2.75, 3.05) is 13.1 Å². The second kappa shape index (κ2) is 6.92. The molecule has 1 aliphatic heterocycles. The molecule has 1 saturated heterocycles. The predicted molar refractivity (Wildman–Crippen MR) is 85.8 cm³/mol. The molecule has 0 aromatic carbocycles. The van der Waals surface area contributed by atoms with Gasteiger partial charge in [0.15, 0.2) is 0 Å². The molecule has 0 N–H and O–H groups in total. The van der Waals surface area contributed by atoms with Gasteiger partial charge >= 0.3 is 0 Å². The zero-order valence-electron chi connectivity index (χ0n) is 13.4. The Labute approximate surface area is 131 Å². The quantitative estimate of drug-likeness (QED) is 0.851. The number of aromatic nitrogens is 3. The van der Waals surface area contributed by atoms with E-state index in [1.807, 2.05) is 31.3 Å². The Morgan fingerprint density at radius 2 is 2.05 bits per heavy atom. The summed E-state index contributed by atoms with van der Waals surface area (Å²) in [6, 6.07) is 8.05. The third-order valence-electron chi connectivity index (χ3n) is 4.17. The van der Waals surface area contributed by atoms with E-state index >= 15 is 0 Å². The molecule has 118 valence electrons. The van der Waals surface area contributed by atoms with Crippen molar-refractivity contribution in [2.24, 2.45) is 0 Å². The van der Waals surface area contributed by atoms with Crippen LogP contribution in [-0.2, 0) is 13.1 Å². The van der Waals surface area contributed by atoms with Gasteiger partial charge < -0.3 is 4.74 Å². The van der Waals surface area contributed by atoms with Gasteiger partial charge in [-0.1, -0.05) is 6.07 Å². The first-order valence-electron chi connectivity index (χ1n) is 8.08. The van der Waals surface area contributed by atoms with Crippen molar-refractivity contribution in [2.45, 2.75) is 45.9 Å². The van der Waals surface area contributed by atoms with Crippen LogP contribution in [0.3, 0.4) is 0 Å². The topological polar surface area (TPSA) is 43.2 Å². The Kier molecular flexibility index (Phi) is 4.73. The summed E-state index contributed by atoms with van der Waals surface area (Å²) < 4.78 is 8.08. The fraction of sp³-hybridized carbons (Fsp3) is 0.529. The molecule has 0 radical (unpaired) electrons. The fourth-order valence-electron chi connectivity index (χ4n) is 2.95. The Balaban J connectivity index is 1.50. The van der Waals surface area contributed by atoms with Crippen molar-refractivity contribution in [3.05, 3.63) is 41.9 Å². The maximum atomic E-state index is 6.01. The molecule has 5 heteroatoms. The first-order chi connectivity index (χ1) is 10.7. The van der Waals surface area contributed by atoms with Crippen molar-refractivity contribution in [1.29, 1.82) is 0 Å². The lowest BCUT2D eigenvalue weighted by atomic mass is 10.1. The molecule has 2 aromatic rings. The molecule has 0 unspecified atom stereocenters. The van der Waals surface area contributed by atoms with Crippen molar-refractivity contribution in [1.82, 2.24) is 19.7 Å². The van der Waals surface area contributed by atoms with Crippen LogP contribution < -0.4 is 4.74 Å². The minimum atomic E-state index is 0.279. The van der Waals surface area contributed by atoms with E-state index in [2.05, 4.69) is 32.7 Å². The number of hydrogen-bond donors (Lipinski definition) is 0. The number of hydrogen-bond acceptors (Lipinski definition) is 4. The summed E-state index contributed by atoms with van der Waals surface area (Å²) in [7, 11) is 0. The Hall–Kier alpha value is -1.88. The number of rotatable bonds is 5. The summed E-state index contributed by atoms with van der Waals surface area (Å²) in [4.78, 5) is 6.90. The molecule has 0 saturated carbocycles. The molecule has 0 bridgehead atoms. The molecule has 0 atom stereocenters. The number of aryl methyl sites for hydroxylation is 2. The second-order valence-corrected chi connectivity index (χ2v) is 5.85. The number of ether oxygens (including phenoxy) is 1. The van der Waals surface area contributed by atoms with Crippen LogP contribution in [0.25, 0.3) is 0 Å². The lowest BCUT2D eigenvalue weighted by Gasteiger charge is -2.31. The van der Waals surface area contributed by atoms with Crippen LogP contribution in [-0.4, -0.2) is 38.9 Å². The van der Waals surface area contributed by atoms with E-state index in [-0.39, 0.29) is 6.10 Å². The smallest absolute Gasteiger partial charge is 0.213 e. The van der Waals surface area contributed by atoms with Crippen molar-refractivity contribution in [3.8, 4) is 5.88 Å². The van der Waals surface area contributed by atoms with Crippen LogP contribution in [0, 0.1) is 6.92 Å². The molecule has 0 spiro atoms. The first-order valence-corrected chi connectivity index (χ1v) is 8.08. The van der Waals surface area contributed by atoms with Gasteiger partial charge in [-0.15, -0.1) is 0 Å². The van der Waals surface area contributed by atoms with Crippen LogP contribution in [0.2, 0.25) is 0 Å². The highest BCUT2D eigenvalue weighted by molar-refractivity contribution is 5.15. The standard InChI is InChI=1S/C17H24N4O/c1-3-21-15(7-10-18-21)13-20-11-8-16(9-12-20)22-17-6-4-5-14(2)19-17/h4-7,10,16H,3,8-9,11-13H2,1-2H3. The summed E-state index contributed by atoms with van der Waals surface area (Å²) in [5, 5.41) is 4.34. The van der Waals surface area contributed by atoms with Gasteiger partial charge in [0.2, 0.25) is 5.88 Å². The molecule has 3 rings (SSSR count). The lowest BCUT2D eigenvalue weighted by Crippen LogP contribution is -2.38. The Bertz CT molecular complexity index is 602. The fourth-order valence-corrected chi connectivity index (χ4v) is 2.95. The van der Waals surface area contributed by atoms with Gasteiger partial charge in [0.1, 0.15) is 6.10 Å². The van der Waals surface area contributed by atoms with Crippen LogP contribution >= 0.6 is 0 Å². The third-order valence-corrected chi connectivity index (χ3v) is 4.17. The van der Waals surface area contributed by atoms with Crippen LogP contribution in [0.1, 0.15) is 31.2 Å². The van der Waals surface area contributed by atoms with Crippen molar-refractivity contribution >= 4 is 0 Å². The van der Waals surface area contributed by atoms with Crippen molar-refractivity contribution in [3.63, 3.8) is 0 Å². The Morgan fingerprint density at radius 1 is 1.23 bits per heavy atom. The van der Waals surface area contributed by atoms with E-state index in [9.17, 15) is 0 Å². The van der Waals surface area contributed by atoms with E-state index in [0.29, 0.717) is 0 Å². The largest absolute Gasteiger partial charge is 0.474 e. The zero-order valence-corrected chi connectivity index (χ0v) is 13.4. The number of nitrogens with zero attached hydrogens (tertiary/aromatic N) is 4. The number of piperidine rings is 1. The SMILES string of the molecule is CCn1nccc1CN1CCC(Oc2cccc(C)n2)CC1.